The average molecular weight is 306 g/mol. The van der Waals surface area contributed by atoms with E-state index in [1.807, 2.05) is 62.5 Å². The van der Waals surface area contributed by atoms with Crippen molar-refractivity contribution in [3.8, 4) is 0 Å². The van der Waals surface area contributed by atoms with Crippen LogP contribution in [0.1, 0.15) is 16.7 Å². The molecule has 0 fully saturated rings. The van der Waals surface area contributed by atoms with Crippen LogP contribution >= 0.6 is 0 Å². The minimum absolute atomic E-state index is 0.363. The minimum Gasteiger partial charge on any atom is -0.361 e. The van der Waals surface area contributed by atoms with E-state index in [0.29, 0.717) is 0 Å². The molecule has 2 amide bonds. The predicted octanol–water partition coefficient (Wildman–Crippen LogP) is 3.94. The number of hydrazone groups is 1. The van der Waals surface area contributed by atoms with Crippen molar-refractivity contribution in [3.05, 3.63) is 65.4 Å². The van der Waals surface area contributed by atoms with Crippen LogP contribution in [0.4, 0.5) is 10.5 Å². The third-order valence-corrected chi connectivity index (χ3v) is 3.71. The lowest BCUT2D eigenvalue weighted by molar-refractivity contribution is 0.252. The largest absolute Gasteiger partial charge is 0.361 e. The molecule has 2 aromatic carbocycles. The van der Waals surface area contributed by atoms with Crippen molar-refractivity contribution in [3.63, 3.8) is 0 Å². The molecule has 1 aromatic heterocycles. The van der Waals surface area contributed by atoms with Gasteiger partial charge in [0.2, 0.25) is 0 Å². The van der Waals surface area contributed by atoms with E-state index >= 15 is 0 Å². The van der Waals surface area contributed by atoms with Crippen molar-refractivity contribution < 1.29 is 4.79 Å². The summed E-state index contributed by atoms with van der Waals surface area (Å²) >= 11 is 0. The first-order valence-corrected chi connectivity index (χ1v) is 7.37. The molecule has 0 saturated carbocycles. The third-order valence-electron chi connectivity index (χ3n) is 3.71. The number of amides is 2. The summed E-state index contributed by atoms with van der Waals surface area (Å²) in [5.41, 5.74) is 7.30. The van der Waals surface area contributed by atoms with Gasteiger partial charge in [0.05, 0.1) is 6.21 Å². The first-order chi connectivity index (χ1) is 11.1. The van der Waals surface area contributed by atoms with Crippen molar-refractivity contribution in [1.29, 1.82) is 0 Å². The molecule has 0 spiro atoms. The van der Waals surface area contributed by atoms with Gasteiger partial charge in [-0.1, -0.05) is 36.4 Å². The Kier molecular flexibility index (Phi) is 4.10. The predicted molar refractivity (Wildman–Crippen MR) is 94.0 cm³/mol. The van der Waals surface area contributed by atoms with Gasteiger partial charge in [-0.3, -0.25) is 0 Å². The number of anilines is 1. The number of hydrogen-bond acceptors (Lipinski definition) is 2. The summed E-state index contributed by atoms with van der Waals surface area (Å²) in [6.07, 6.45) is 3.49. The number of aromatic amines is 1. The van der Waals surface area contributed by atoms with Crippen LogP contribution in [-0.2, 0) is 0 Å². The van der Waals surface area contributed by atoms with Crippen LogP contribution in [0.2, 0.25) is 0 Å². The van der Waals surface area contributed by atoms with Crippen molar-refractivity contribution >= 4 is 28.8 Å². The Bertz CT molecular complexity index is 859. The van der Waals surface area contributed by atoms with Crippen LogP contribution in [0.15, 0.2) is 53.8 Å². The second-order valence-corrected chi connectivity index (χ2v) is 5.38. The van der Waals surface area contributed by atoms with E-state index in [1.54, 1.807) is 6.21 Å². The first-order valence-electron chi connectivity index (χ1n) is 7.37. The highest BCUT2D eigenvalue weighted by molar-refractivity contribution is 5.99. The molecule has 5 heteroatoms. The van der Waals surface area contributed by atoms with E-state index < -0.39 is 0 Å². The van der Waals surface area contributed by atoms with Gasteiger partial charge in [0.25, 0.3) is 0 Å². The molecule has 0 bridgehead atoms. The molecule has 0 aliphatic rings. The SMILES string of the molecule is Cc1cccc(C)c1NC(=O)N/N=C/c1c[nH]c2ccccc12. The second kappa shape index (κ2) is 6.36. The molecule has 0 aliphatic heterocycles. The first kappa shape index (κ1) is 14.8. The van der Waals surface area contributed by atoms with Gasteiger partial charge in [0.1, 0.15) is 0 Å². The third kappa shape index (κ3) is 3.23. The number of rotatable bonds is 3. The molecular weight excluding hydrogens is 288 g/mol. The van der Waals surface area contributed by atoms with Gasteiger partial charge in [0.15, 0.2) is 0 Å². The summed E-state index contributed by atoms with van der Waals surface area (Å²) < 4.78 is 0. The lowest BCUT2D eigenvalue weighted by Crippen LogP contribution is -2.25. The van der Waals surface area contributed by atoms with Crippen LogP contribution in [0, 0.1) is 13.8 Å². The smallest absolute Gasteiger partial charge is 0.339 e. The number of nitrogens with one attached hydrogen (secondary N) is 3. The number of urea groups is 1. The van der Waals surface area contributed by atoms with E-state index in [4.69, 9.17) is 0 Å². The van der Waals surface area contributed by atoms with Gasteiger partial charge in [-0.2, -0.15) is 5.10 Å². The van der Waals surface area contributed by atoms with E-state index in [9.17, 15) is 4.79 Å². The molecule has 116 valence electrons. The minimum atomic E-state index is -0.363. The van der Waals surface area contributed by atoms with Crippen LogP contribution < -0.4 is 10.7 Å². The number of fused-ring (bicyclic) bond motifs is 1. The molecule has 3 N–H and O–H groups in total. The molecule has 0 radical (unpaired) electrons. The maximum absolute atomic E-state index is 12.0. The van der Waals surface area contributed by atoms with Crippen molar-refractivity contribution in [2.24, 2.45) is 5.10 Å². The fraction of sp³-hybridized carbons (Fsp3) is 0.111. The van der Waals surface area contributed by atoms with E-state index in [-0.39, 0.29) is 6.03 Å². The van der Waals surface area contributed by atoms with Crippen LogP contribution in [0.5, 0.6) is 0 Å². The zero-order valence-electron chi connectivity index (χ0n) is 13.1. The molecule has 0 aliphatic carbocycles. The van der Waals surface area contributed by atoms with Crippen molar-refractivity contribution in [1.82, 2.24) is 10.4 Å². The Morgan fingerprint density at radius 1 is 1.09 bits per heavy atom. The van der Waals surface area contributed by atoms with Crippen LogP contribution in [-0.4, -0.2) is 17.2 Å². The number of nitrogens with zero attached hydrogens (tertiary/aromatic N) is 1. The summed E-state index contributed by atoms with van der Waals surface area (Å²) in [5, 5.41) is 7.90. The molecule has 0 saturated heterocycles. The van der Waals surface area contributed by atoms with E-state index in [0.717, 1.165) is 33.3 Å². The lowest BCUT2D eigenvalue weighted by Gasteiger charge is -2.10. The van der Waals surface area contributed by atoms with Crippen LogP contribution in [0.25, 0.3) is 10.9 Å². The van der Waals surface area contributed by atoms with Gasteiger partial charge < -0.3 is 10.3 Å². The molecule has 1 heterocycles. The fourth-order valence-corrected chi connectivity index (χ4v) is 2.51. The zero-order chi connectivity index (χ0) is 16.2. The summed E-state index contributed by atoms with van der Waals surface area (Å²) in [7, 11) is 0. The highest BCUT2D eigenvalue weighted by Crippen LogP contribution is 2.19. The number of para-hydroxylation sites is 2. The molecule has 5 nitrogen and oxygen atoms in total. The van der Waals surface area contributed by atoms with Crippen LogP contribution in [0.3, 0.4) is 0 Å². The van der Waals surface area contributed by atoms with E-state index in [2.05, 4.69) is 20.8 Å². The number of carbonyl (C=O) groups is 1. The van der Waals surface area contributed by atoms with Gasteiger partial charge in [-0.25, -0.2) is 10.2 Å². The topological polar surface area (TPSA) is 69.3 Å². The highest BCUT2D eigenvalue weighted by Gasteiger charge is 2.06. The zero-order valence-corrected chi connectivity index (χ0v) is 13.1. The quantitative estimate of drug-likeness (QED) is 0.498. The Morgan fingerprint density at radius 3 is 2.61 bits per heavy atom. The summed E-state index contributed by atoms with van der Waals surface area (Å²) in [5.74, 6) is 0. The van der Waals surface area contributed by atoms with Crippen molar-refractivity contribution in [2.45, 2.75) is 13.8 Å². The highest BCUT2D eigenvalue weighted by atomic mass is 16.2. The van der Waals surface area contributed by atoms with Gasteiger partial charge >= 0.3 is 6.03 Å². The van der Waals surface area contributed by atoms with Gasteiger partial charge in [-0.05, 0) is 31.0 Å². The Morgan fingerprint density at radius 2 is 1.83 bits per heavy atom. The number of hydrogen-bond donors (Lipinski definition) is 3. The standard InChI is InChI=1S/C18H18N4O/c1-12-6-5-7-13(2)17(12)21-18(23)22-20-11-14-10-19-16-9-4-3-8-15(14)16/h3-11,19H,1-2H3,(H2,21,22,23)/b20-11+. The lowest BCUT2D eigenvalue weighted by atomic mass is 10.1. The fourth-order valence-electron chi connectivity index (χ4n) is 2.51. The van der Waals surface area contributed by atoms with Gasteiger partial charge in [0, 0.05) is 28.4 Å². The molecule has 3 rings (SSSR count). The number of benzene rings is 2. The monoisotopic (exact) mass is 306 g/mol. The molecule has 23 heavy (non-hydrogen) atoms. The molecule has 0 unspecified atom stereocenters. The molecular formula is C18H18N4O. The Hall–Kier alpha value is -3.08. The molecule has 3 aromatic rings. The number of aryl methyl sites for hydroxylation is 2. The average Bonchev–Trinajstić information content (AvgIpc) is 2.95. The number of aromatic nitrogens is 1. The Labute approximate surface area is 134 Å². The number of carbonyl (C=O) groups excluding carboxylic acids is 1. The maximum Gasteiger partial charge on any atom is 0.339 e. The Balaban J connectivity index is 1.67. The van der Waals surface area contributed by atoms with E-state index in [1.165, 1.54) is 0 Å². The maximum atomic E-state index is 12.0. The van der Waals surface area contributed by atoms with Crippen molar-refractivity contribution in [2.75, 3.05) is 5.32 Å². The normalized spacial score (nSPS) is 11.0. The number of H-pyrrole nitrogens is 1. The summed E-state index contributed by atoms with van der Waals surface area (Å²) in [6.45, 7) is 3.91. The summed E-state index contributed by atoms with van der Waals surface area (Å²) in [4.78, 5) is 15.1. The summed E-state index contributed by atoms with van der Waals surface area (Å²) in [6, 6.07) is 13.4. The molecule has 0 atom stereocenters. The second-order valence-electron chi connectivity index (χ2n) is 5.38. The van der Waals surface area contributed by atoms with Gasteiger partial charge in [-0.15, -0.1) is 0 Å².